The van der Waals surface area contributed by atoms with Gasteiger partial charge in [-0.2, -0.15) is 0 Å². The number of amides is 1. The number of carbonyl (C=O) groups is 1. The molecule has 0 radical (unpaired) electrons. The average molecular weight is 295 g/mol. The number of anilines is 1. The molecule has 0 spiro atoms. The minimum absolute atomic E-state index is 0.369. The quantitative estimate of drug-likeness (QED) is 0.837. The number of nitrogens with one attached hydrogen (secondary N) is 1. The zero-order chi connectivity index (χ0) is 14.5. The van der Waals surface area contributed by atoms with Crippen LogP contribution in [0.1, 0.15) is 30.9 Å². The normalized spacial score (nSPS) is 30.2. The molecule has 1 aromatic carbocycles. The number of benzene rings is 1. The summed E-state index contributed by atoms with van der Waals surface area (Å²) in [5, 5.41) is 14.4. The molecule has 1 saturated heterocycles. The van der Waals surface area contributed by atoms with Gasteiger partial charge in [0.15, 0.2) is 0 Å². The maximum atomic E-state index is 12.4. The van der Waals surface area contributed by atoms with E-state index in [1.807, 2.05) is 11.8 Å². The first-order valence-electron chi connectivity index (χ1n) is 7.03. The Hall–Kier alpha value is -1.10. The van der Waals surface area contributed by atoms with E-state index >= 15 is 0 Å². The number of likely N-dealkylation sites (tertiary alicyclic amines) is 1. The molecule has 0 bridgehead atoms. The Morgan fingerprint density at radius 1 is 1.50 bits per heavy atom. The summed E-state index contributed by atoms with van der Waals surface area (Å²) in [4.78, 5) is 14.3. The van der Waals surface area contributed by atoms with Gasteiger partial charge in [-0.25, -0.2) is 0 Å². The van der Waals surface area contributed by atoms with Crippen LogP contribution in [0, 0.1) is 12.8 Å². The molecule has 0 saturated carbocycles. The molecule has 1 fully saturated rings. The Bertz CT molecular complexity index is 575. The number of aliphatic hydroxyl groups is 1. The molecule has 20 heavy (non-hydrogen) atoms. The zero-order valence-electron chi connectivity index (χ0n) is 11.7. The number of carbonyl (C=O) groups excluding carboxylic acids is 1. The molecule has 1 amide bonds. The van der Waals surface area contributed by atoms with Gasteiger partial charge >= 0.3 is 0 Å². The van der Waals surface area contributed by atoms with Crippen molar-refractivity contribution in [3.63, 3.8) is 0 Å². The highest BCUT2D eigenvalue weighted by Crippen LogP contribution is 2.43. The maximum absolute atomic E-state index is 12.4. The van der Waals surface area contributed by atoms with E-state index < -0.39 is 5.72 Å². The van der Waals surface area contributed by atoms with Crippen LogP contribution in [-0.4, -0.2) is 29.0 Å². The minimum Gasteiger partial charge on any atom is -0.364 e. The van der Waals surface area contributed by atoms with Crippen LogP contribution in [-0.2, 0) is 10.5 Å². The average Bonchev–Trinajstić information content (AvgIpc) is 2.68. The molecular weight excluding hydrogens is 276 g/mol. The maximum Gasteiger partial charge on any atom is 0.276 e. The summed E-state index contributed by atoms with van der Waals surface area (Å²) >= 11 is 6.10. The van der Waals surface area contributed by atoms with Gasteiger partial charge in [-0.05, 0) is 37.3 Å². The Morgan fingerprint density at radius 3 is 2.95 bits per heavy atom. The molecule has 0 unspecified atom stereocenters. The highest BCUT2D eigenvalue weighted by Gasteiger charge is 2.51. The van der Waals surface area contributed by atoms with Gasteiger partial charge in [-0.15, -0.1) is 0 Å². The monoisotopic (exact) mass is 294 g/mol. The lowest BCUT2D eigenvalue weighted by molar-refractivity contribution is -0.163. The van der Waals surface area contributed by atoms with E-state index in [0.717, 1.165) is 31.5 Å². The van der Waals surface area contributed by atoms with Crippen LogP contribution >= 0.6 is 11.6 Å². The molecule has 5 heteroatoms. The molecule has 2 aliphatic heterocycles. The molecule has 2 atom stereocenters. The molecular formula is C15H19ClN2O2. The van der Waals surface area contributed by atoms with Crippen molar-refractivity contribution >= 4 is 23.2 Å². The van der Waals surface area contributed by atoms with E-state index in [1.165, 1.54) is 0 Å². The van der Waals surface area contributed by atoms with Crippen molar-refractivity contribution in [2.75, 3.05) is 18.4 Å². The first-order chi connectivity index (χ1) is 9.44. The third kappa shape index (κ3) is 1.86. The summed E-state index contributed by atoms with van der Waals surface area (Å²) < 4.78 is 0. The predicted octanol–water partition coefficient (Wildman–Crippen LogP) is 2.48. The summed E-state index contributed by atoms with van der Waals surface area (Å²) in [5.74, 6) is 0.116. The third-order valence-electron chi connectivity index (χ3n) is 4.44. The number of piperidine rings is 1. The van der Waals surface area contributed by atoms with Gasteiger partial charge in [0.05, 0.1) is 5.69 Å². The molecule has 3 rings (SSSR count). The van der Waals surface area contributed by atoms with Crippen LogP contribution in [0.25, 0.3) is 0 Å². The summed E-state index contributed by atoms with van der Waals surface area (Å²) in [5.41, 5.74) is 0.527. The van der Waals surface area contributed by atoms with Crippen LogP contribution in [0.4, 0.5) is 5.69 Å². The molecule has 2 aliphatic rings. The molecule has 4 nitrogen and oxygen atoms in total. The number of nitrogens with zero attached hydrogens (tertiary/aromatic N) is 1. The Balaban J connectivity index is 2.07. The van der Waals surface area contributed by atoms with E-state index in [0.29, 0.717) is 22.2 Å². The first kappa shape index (κ1) is 13.9. The van der Waals surface area contributed by atoms with Gasteiger partial charge in [-0.3, -0.25) is 9.69 Å². The smallest absolute Gasteiger partial charge is 0.276 e. The van der Waals surface area contributed by atoms with Crippen molar-refractivity contribution in [1.29, 1.82) is 0 Å². The lowest BCUT2D eigenvalue weighted by Gasteiger charge is -2.39. The fraction of sp³-hybridized carbons (Fsp3) is 0.533. The van der Waals surface area contributed by atoms with Gasteiger partial charge in [0, 0.05) is 23.7 Å². The molecule has 0 aliphatic carbocycles. The van der Waals surface area contributed by atoms with E-state index in [4.69, 9.17) is 11.6 Å². The number of halogens is 1. The lowest BCUT2D eigenvalue weighted by atomic mass is 9.94. The van der Waals surface area contributed by atoms with Crippen LogP contribution in [0.15, 0.2) is 12.1 Å². The molecule has 108 valence electrons. The van der Waals surface area contributed by atoms with Crippen LogP contribution < -0.4 is 5.32 Å². The summed E-state index contributed by atoms with van der Waals surface area (Å²) in [7, 11) is 0. The molecule has 1 aromatic rings. The van der Waals surface area contributed by atoms with Crippen LogP contribution in [0.2, 0.25) is 5.02 Å². The van der Waals surface area contributed by atoms with Gasteiger partial charge in [0.2, 0.25) is 5.72 Å². The topological polar surface area (TPSA) is 52.6 Å². The van der Waals surface area contributed by atoms with Crippen molar-refractivity contribution in [2.45, 2.75) is 32.4 Å². The van der Waals surface area contributed by atoms with Crippen molar-refractivity contribution < 1.29 is 9.90 Å². The second-order valence-electron chi connectivity index (χ2n) is 5.91. The minimum atomic E-state index is -1.56. The fourth-order valence-electron chi connectivity index (χ4n) is 3.26. The first-order valence-corrected chi connectivity index (χ1v) is 7.41. The zero-order valence-corrected chi connectivity index (χ0v) is 12.5. The van der Waals surface area contributed by atoms with Crippen molar-refractivity contribution in [3.8, 4) is 0 Å². The van der Waals surface area contributed by atoms with E-state index in [2.05, 4.69) is 12.2 Å². The van der Waals surface area contributed by atoms with Gasteiger partial charge < -0.3 is 10.4 Å². The van der Waals surface area contributed by atoms with Crippen molar-refractivity contribution in [3.05, 3.63) is 28.3 Å². The number of hydrogen-bond acceptors (Lipinski definition) is 3. The standard InChI is InChI=1S/C15H19ClN2O2/c1-9-4-3-7-18(8-9)15(20)11-5-6-12(16)10(2)13(11)17-14(15)19/h5-6,9,20H,3-4,7-8H2,1-2H3,(H,17,19)/t9-,15+/m0/s1. The van der Waals surface area contributed by atoms with Crippen molar-refractivity contribution in [2.24, 2.45) is 5.92 Å². The van der Waals surface area contributed by atoms with Gasteiger partial charge in [0.1, 0.15) is 0 Å². The van der Waals surface area contributed by atoms with Gasteiger partial charge in [-0.1, -0.05) is 24.6 Å². The largest absolute Gasteiger partial charge is 0.364 e. The Morgan fingerprint density at radius 2 is 2.25 bits per heavy atom. The third-order valence-corrected chi connectivity index (χ3v) is 4.85. The molecule has 0 aromatic heterocycles. The number of hydrogen-bond donors (Lipinski definition) is 2. The second-order valence-corrected chi connectivity index (χ2v) is 6.32. The summed E-state index contributed by atoms with van der Waals surface area (Å²) in [6, 6.07) is 3.50. The molecule has 2 heterocycles. The molecule has 2 N–H and O–H groups in total. The fourth-order valence-corrected chi connectivity index (χ4v) is 3.42. The predicted molar refractivity (Wildman–Crippen MR) is 78.7 cm³/mol. The Kier molecular flexibility index (Phi) is 3.27. The lowest BCUT2D eigenvalue weighted by Crippen LogP contribution is -2.54. The van der Waals surface area contributed by atoms with E-state index in [9.17, 15) is 9.90 Å². The summed E-state index contributed by atoms with van der Waals surface area (Å²) in [6.45, 7) is 5.46. The number of fused-ring (bicyclic) bond motifs is 1. The summed E-state index contributed by atoms with van der Waals surface area (Å²) in [6.07, 6.45) is 2.14. The SMILES string of the molecule is Cc1c(Cl)ccc2c1NC(=O)[C@@]2(O)N1CCC[C@H](C)C1. The second kappa shape index (κ2) is 4.72. The highest BCUT2D eigenvalue weighted by atomic mass is 35.5. The van der Waals surface area contributed by atoms with Crippen LogP contribution in [0.3, 0.4) is 0 Å². The Labute approximate surface area is 123 Å². The number of rotatable bonds is 1. The van der Waals surface area contributed by atoms with Crippen LogP contribution in [0.5, 0.6) is 0 Å². The van der Waals surface area contributed by atoms with Gasteiger partial charge in [0.25, 0.3) is 5.91 Å². The van der Waals surface area contributed by atoms with Crippen molar-refractivity contribution in [1.82, 2.24) is 4.90 Å². The van der Waals surface area contributed by atoms with E-state index in [-0.39, 0.29) is 5.91 Å². The highest BCUT2D eigenvalue weighted by molar-refractivity contribution is 6.32. The van der Waals surface area contributed by atoms with E-state index in [1.54, 1.807) is 12.1 Å².